The second-order valence-corrected chi connectivity index (χ2v) is 6.62. The first-order chi connectivity index (χ1) is 10.2. The molecule has 21 heavy (non-hydrogen) atoms. The Morgan fingerprint density at radius 2 is 2.29 bits per heavy atom. The zero-order valence-corrected chi connectivity index (χ0v) is 13.3. The molecule has 0 aliphatic heterocycles. The molecule has 2 N–H and O–H groups in total. The predicted octanol–water partition coefficient (Wildman–Crippen LogP) is 3.04. The van der Waals surface area contributed by atoms with Crippen LogP contribution in [-0.2, 0) is 0 Å². The van der Waals surface area contributed by atoms with Crippen LogP contribution in [0.2, 0.25) is 0 Å². The van der Waals surface area contributed by atoms with Crippen LogP contribution in [0.15, 0.2) is 11.4 Å². The molecule has 1 heterocycles. The average molecular weight is 305 g/mol. The smallest absolute Gasteiger partial charge is 0.252 e. The molecular weight excluding hydrogens is 282 g/mol. The Hall–Kier alpha value is -1.31. The minimum Gasteiger partial charge on any atom is -0.395 e. The van der Waals surface area contributed by atoms with Crippen molar-refractivity contribution in [3.8, 4) is 11.8 Å². The zero-order valence-electron chi connectivity index (χ0n) is 12.5. The molecule has 3 nitrogen and oxygen atoms in total. The lowest BCUT2D eigenvalue weighted by Gasteiger charge is -2.28. The second kappa shape index (κ2) is 8.21. The van der Waals surface area contributed by atoms with Crippen LogP contribution >= 0.6 is 11.3 Å². The highest BCUT2D eigenvalue weighted by molar-refractivity contribution is 7.10. The van der Waals surface area contributed by atoms with E-state index in [1.54, 1.807) is 0 Å². The monoisotopic (exact) mass is 305 g/mol. The molecule has 4 heteroatoms. The van der Waals surface area contributed by atoms with Crippen LogP contribution < -0.4 is 5.32 Å². The van der Waals surface area contributed by atoms with Crippen molar-refractivity contribution in [2.45, 2.75) is 39.0 Å². The summed E-state index contributed by atoms with van der Waals surface area (Å²) in [5, 5.41) is 13.6. The SMILES string of the molecule is CC1CCCCC1CNC(=O)c1csc(C#CCCO)c1. The van der Waals surface area contributed by atoms with Gasteiger partial charge in [0.15, 0.2) is 0 Å². The van der Waals surface area contributed by atoms with Crippen LogP contribution in [0, 0.1) is 23.7 Å². The molecule has 2 rings (SSSR count). The second-order valence-electron chi connectivity index (χ2n) is 5.71. The number of nitrogens with one attached hydrogen (secondary N) is 1. The Labute approximate surface area is 130 Å². The molecule has 0 bridgehead atoms. The number of aliphatic hydroxyl groups excluding tert-OH is 1. The Balaban J connectivity index is 1.84. The number of hydrogen-bond donors (Lipinski definition) is 2. The van der Waals surface area contributed by atoms with E-state index in [0.29, 0.717) is 23.8 Å². The molecule has 1 saturated carbocycles. The van der Waals surface area contributed by atoms with E-state index in [1.807, 2.05) is 11.4 Å². The molecule has 1 aliphatic rings. The third-order valence-corrected chi connectivity index (χ3v) is 4.97. The first kappa shape index (κ1) is 16.1. The van der Waals surface area contributed by atoms with Gasteiger partial charge in [0, 0.05) is 18.3 Å². The van der Waals surface area contributed by atoms with E-state index >= 15 is 0 Å². The van der Waals surface area contributed by atoms with Gasteiger partial charge in [-0.1, -0.05) is 38.0 Å². The number of rotatable bonds is 4. The first-order valence-corrected chi connectivity index (χ1v) is 8.55. The average Bonchev–Trinajstić information content (AvgIpc) is 2.95. The zero-order chi connectivity index (χ0) is 15.1. The molecular formula is C17H23NO2S. The van der Waals surface area contributed by atoms with E-state index < -0.39 is 0 Å². The van der Waals surface area contributed by atoms with E-state index in [9.17, 15) is 4.79 Å². The summed E-state index contributed by atoms with van der Waals surface area (Å²) >= 11 is 1.47. The van der Waals surface area contributed by atoms with Gasteiger partial charge >= 0.3 is 0 Å². The molecule has 2 unspecified atom stereocenters. The van der Waals surface area contributed by atoms with Crippen molar-refractivity contribution in [1.82, 2.24) is 5.32 Å². The fourth-order valence-corrected chi connectivity index (χ4v) is 3.50. The van der Waals surface area contributed by atoms with E-state index in [4.69, 9.17) is 5.11 Å². The van der Waals surface area contributed by atoms with Crippen molar-refractivity contribution >= 4 is 17.2 Å². The van der Waals surface area contributed by atoms with Gasteiger partial charge in [0.1, 0.15) is 0 Å². The van der Waals surface area contributed by atoms with Crippen LogP contribution in [0.1, 0.15) is 54.3 Å². The normalized spacial score (nSPS) is 21.4. The highest BCUT2D eigenvalue weighted by Gasteiger charge is 2.21. The lowest BCUT2D eigenvalue weighted by Crippen LogP contribution is -2.33. The van der Waals surface area contributed by atoms with E-state index in [0.717, 1.165) is 11.4 Å². The first-order valence-electron chi connectivity index (χ1n) is 7.67. The van der Waals surface area contributed by atoms with Gasteiger partial charge in [-0.15, -0.1) is 11.3 Å². The molecule has 114 valence electrons. The van der Waals surface area contributed by atoms with Crippen molar-refractivity contribution in [2.75, 3.05) is 13.2 Å². The maximum atomic E-state index is 12.1. The third kappa shape index (κ3) is 4.87. The van der Waals surface area contributed by atoms with Crippen LogP contribution in [0.25, 0.3) is 0 Å². The number of amides is 1. The maximum Gasteiger partial charge on any atom is 0.252 e. The quantitative estimate of drug-likeness (QED) is 0.840. The Kier molecular flexibility index (Phi) is 6.28. The molecule has 0 spiro atoms. The number of aliphatic hydroxyl groups is 1. The standard InChI is InChI=1S/C17H23NO2S/c1-13-6-2-3-7-14(13)11-18-17(20)15-10-16(21-12-15)8-4-5-9-19/h10,12-14,19H,2-3,5-7,9,11H2,1H3,(H,18,20). The van der Waals surface area contributed by atoms with Crippen LogP contribution in [-0.4, -0.2) is 24.2 Å². The van der Waals surface area contributed by atoms with Gasteiger partial charge in [0.2, 0.25) is 0 Å². The highest BCUT2D eigenvalue weighted by Crippen LogP contribution is 2.28. The molecule has 1 aromatic heterocycles. The van der Waals surface area contributed by atoms with Crippen molar-refractivity contribution < 1.29 is 9.90 Å². The summed E-state index contributed by atoms with van der Waals surface area (Å²) in [5.74, 6) is 7.16. The van der Waals surface area contributed by atoms with Crippen molar-refractivity contribution in [2.24, 2.45) is 11.8 Å². The molecule has 2 atom stereocenters. The van der Waals surface area contributed by atoms with Crippen LogP contribution in [0.4, 0.5) is 0 Å². The molecule has 0 radical (unpaired) electrons. The van der Waals surface area contributed by atoms with Crippen molar-refractivity contribution in [1.29, 1.82) is 0 Å². The Morgan fingerprint density at radius 1 is 1.48 bits per heavy atom. The Bertz CT molecular complexity index is 526. The maximum absolute atomic E-state index is 12.1. The van der Waals surface area contributed by atoms with E-state index in [1.165, 1.54) is 37.0 Å². The molecule has 1 aromatic rings. The minimum atomic E-state index is -0.000711. The molecule has 0 aromatic carbocycles. The van der Waals surface area contributed by atoms with Gasteiger partial charge in [-0.25, -0.2) is 0 Å². The van der Waals surface area contributed by atoms with Gasteiger partial charge in [-0.05, 0) is 24.3 Å². The van der Waals surface area contributed by atoms with Crippen LogP contribution in [0.3, 0.4) is 0 Å². The van der Waals surface area contributed by atoms with Gasteiger partial charge in [-0.3, -0.25) is 4.79 Å². The summed E-state index contributed by atoms with van der Waals surface area (Å²) in [6, 6.07) is 1.83. The minimum absolute atomic E-state index is 0.000711. The van der Waals surface area contributed by atoms with E-state index in [-0.39, 0.29) is 12.5 Å². The van der Waals surface area contributed by atoms with Crippen molar-refractivity contribution in [3.63, 3.8) is 0 Å². The number of hydrogen-bond acceptors (Lipinski definition) is 3. The number of carbonyl (C=O) groups is 1. The largest absolute Gasteiger partial charge is 0.395 e. The number of carbonyl (C=O) groups excluding carboxylic acids is 1. The summed E-state index contributed by atoms with van der Waals surface area (Å²) in [6.45, 7) is 3.14. The third-order valence-electron chi connectivity index (χ3n) is 4.12. The van der Waals surface area contributed by atoms with Crippen molar-refractivity contribution in [3.05, 3.63) is 21.9 Å². The fourth-order valence-electron chi connectivity index (χ4n) is 2.75. The summed E-state index contributed by atoms with van der Waals surface area (Å²) in [7, 11) is 0. The molecule has 1 aliphatic carbocycles. The fraction of sp³-hybridized carbons (Fsp3) is 0.588. The van der Waals surface area contributed by atoms with Crippen LogP contribution in [0.5, 0.6) is 0 Å². The molecule has 0 saturated heterocycles. The van der Waals surface area contributed by atoms with E-state index in [2.05, 4.69) is 24.1 Å². The summed E-state index contributed by atoms with van der Waals surface area (Å²) in [6.07, 6.45) is 5.59. The summed E-state index contributed by atoms with van der Waals surface area (Å²) in [4.78, 5) is 13.0. The summed E-state index contributed by atoms with van der Waals surface area (Å²) in [5.41, 5.74) is 0.691. The van der Waals surface area contributed by atoms with Gasteiger partial charge in [-0.2, -0.15) is 0 Å². The molecule has 1 fully saturated rings. The topological polar surface area (TPSA) is 49.3 Å². The van der Waals surface area contributed by atoms with Gasteiger partial charge in [0.05, 0.1) is 17.0 Å². The molecule has 1 amide bonds. The Morgan fingerprint density at radius 3 is 3.05 bits per heavy atom. The van der Waals surface area contributed by atoms with Gasteiger partial charge < -0.3 is 10.4 Å². The lowest BCUT2D eigenvalue weighted by molar-refractivity contribution is 0.0937. The number of thiophene rings is 1. The predicted molar refractivity (Wildman–Crippen MR) is 86.4 cm³/mol. The van der Waals surface area contributed by atoms with Gasteiger partial charge in [0.25, 0.3) is 5.91 Å². The summed E-state index contributed by atoms with van der Waals surface area (Å²) < 4.78 is 0. The lowest BCUT2D eigenvalue weighted by atomic mass is 9.80. The highest BCUT2D eigenvalue weighted by atomic mass is 32.1.